The summed E-state index contributed by atoms with van der Waals surface area (Å²) in [4.78, 5) is 22.3. The first-order chi connectivity index (χ1) is 16.6. The van der Waals surface area contributed by atoms with Gasteiger partial charge >= 0.3 is 0 Å². The molecule has 0 fully saturated rings. The van der Waals surface area contributed by atoms with E-state index in [1.54, 1.807) is 19.9 Å². The van der Waals surface area contributed by atoms with Crippen LogP contribution in [0, 0.1) is 5.92 Å². The summed E-state index contributed by atoms with van der Waals surface area (Å²) in [6.07, 6.45) is 0. The number of aromatic nitrogens is 2. The first-order valence-electron chi connectivity index (χ1n) is 12.7. The Morgan fingerprint density at radius 1 is 0.917 bits per heavy atom. The van der Waals surface area contributed by atoms with Crippen LogP contribution in [0.2, 0.25) is 0 Å². The van der Waals surface area contributed by atoms with Crippen LogP contribution in [0.15, 0.2) is 36.4 Å². The molecule has 2 heterocycles. The molecule has 0 aliphatic carbocycles. The molecule has 0 spiro atoms. The predicted octanol–water partition coefficient (Wildman–Crippen LogP) is 4.05. The van der Waals surface area contributed by atoms with Gasteiger partial charge in [0.05, 0.1) is 35.1 Å². The number of nitrogens with one attached hydrogen (secondary N) is 3. The van der Waals surface area contributed by atoms with Crippen molar-refractivity contribution < 1.29 is 14.6 Å². The largest absolute Gasteiger partial charge is 0.384 e. The number of carbonyl (C=O) groups excluding carboxylic acids is 1. The molecule has 0 bridgehead atoms. The third-order valence-electron chi connectivity index (χ3n) is 5.94. The Bertz CT molecular complexity index is 999. The van der Waals surface area contributed by atoms with Crippen LogP contribution in [0.3, 0.4) is 0 Å². The average Bonchev–Trinajstić information content (AvgIpc) is 2.79. The van der Waals surface area contributed by atoms with Crippen molar-refractivity contribution in [1.29, 1.82) is 0 Å². The molecule has 1 unspecified atom stereocenters. The van der Waals surface area contributed by atoms with Crippen LogP contribution in [0.25, 0.3) is 0 Å². The number of hydrogen-bond donors (Lipinski definition) is 4. The van der Waals surface area contributed by atoms with E-state index >= 15 is 0 Å². The third-order valence-corrected chi connectivity index (χ3v) is 5.94. The van der Waals surface area contributed by atoms with Gasteiger partial charge in [-0.05, 0) is 65.8 Å². The zero-order valence-electron chi connectivity index (χ0n) is 23.4. The Hall–Kier alpha value is -2.55. The van der Waals surface area contributed by atoms with Gasteiger partial charge in [-0.3, -0.25) is 9.78 Å². The van der Waals surface area contributed by atoms with Gasteiger partial charge in [-0.15, -0.1) is 0 Å². The minimum absolute atomic E-state index is 0.132. The third kappa shape index (κ3) is 8.84. The molecule has 0 saturated carbocycles. The number of pyridine rings is 2. The van der Waals surface area contributed by atoms with E-state index in [1.165, 1.54) is 0 Å². The summed E-state index contributed by atoms with van der Waals surface area (Å²) in [5.41, 5.74) is -0.407. The molecule has 0 aliphatic heterocycles. The Balaban J connectivity index is 1.97. The summed E-state index contributed by atoms with van der Waals surface area (Å²) < 4.78 is 6.18. The molecular formula is C28H45N5O3. The zero-order valence-corrected chi connectivity index (χ0v) is 23.4. The summed E-state index contributed by atoms with van der Waals surface area (Å²) in [7, 11) is 0. The van der Waals surface area contributed by atoms with Gasteiger partial charge in [0, 0.05) is 19.1 Å². The van der Waals surface area contributed by atoms with E-state index in [0.29, 0.717) is 17.4 Å². The highest BCUT2D eigenvalue weighted by atomic mass is 16.5. The molecule has 2 aromatic heterocycles. The molecular weight excluding hydrogens is 454 g/mol. The molecule has 200 valence electrons. The Morgan fingerprint density at radius 2 is 1.53 bits per heavy atom. The van der Waals surface area contributed by atoms with Crippen LogP contribution < -0.4 is 16.0 Å². The van der Waals surface area contributed by atoms with Crippen molar-refractivity contribution in [2.45, 2.75) is 85.1 Å². The van der Waals surface area contributed by atoms with Crippen LogP contribution in [0.5, 0.6) is 0 Å². The second kappa shape index (κ2) is 12.1. The number of anilines is 1. The average molecular weight is 500 g/mol. The van der Waals surface area contributed by atoms with Crippen molar-refractivity contribution in [2.24, 2.45) is 5.92 Å². The number of nitrogens with zero attached hydrogens (tertiary/aromatic N) is 2. The lowest BCUT2D eigenvalue weighted by Crippen LogP contribution is -2.45. The molecule has 36 heavy (non-hydrogen) atoms. The van der Waals surface area contributed by atoms with Crippen LogP contribution in [-0.2, 0) is 26.3 Å². The Morgan fingerprint density at radius 3 is 2.17 bits per heavy atom. The maximum Gasteiger partial charge on any atom is 0.225 e. The van der Waals surface area contributed by atoms with Crippen molar-refractivity contribution in [2.75, 3.05) is 25.0 Å². The minimum Gasteiger partial charge on any atom is -0.384 e. The Kier molecular flexibility index (Phi) is 10.00. The first-order valence-corrected chi connectivity index (χ1v) is 12.7. The lowest BCUT2D eigenvalue weighted by atomic mass is 9.96. The number of amides is 1. The highest BCUT2D eigenvalue weighted by Gasteiger charge is 2.30. The normalized spacial score (nSPS) is 13.5. The molecule has 0 saturated heterocycles. The number of aliphatic hydroxyl groups is 1. The molecule has 1 atom stereocenters. The van der Waals surface area contributed by atoms with E-state index in [4.69, 9.17) is 9.72 Å². The van der Waals surface area contributed by atoms with Gasteiger partial charge in [0.25, 0.3) is 0 Å². The quantitative estimate of drug-likeness (QED) is 0.308. The van der Waals surface area contributed by atoms with E-state index in [1.807, 2.05) is 65.0 Å². The monoisotopic (exact) mass is 499 g/mol. The van der Waals surface area contributed by atoms with Crippen LogP contribution in [-0.4, -0.2) is 46.7 Å². The second-order valence-electron chi connectivity index (χ2n) is 11.2. The van der Waals surface area contributed by atoms with Gasteiger partial charge in [0.15, 0.2) is 0 Å². The standard InChI is InChI=1S/C28H45N5O3/c1-19(2)29-16-17-30-24-15-11-14-23(32-24)28(8,9)36-18-20(3)25(34)33-26(4,5)21-12-10-13-22(31-21)27(6,7)35/h10-15,19-20,29,35H,16-18H2,1-9H3,(H,30,32)(H,33,34). The smallest absolute Gasteiger partial charge is 0.225 e. The zero-order chi connectivity index (χ0) is 27.1. The molecule has 8 nitrogen and oxygen atoms in total. The van der Waals surface area contributed by atoms with Gasteiger partial charge < -0.3 is 25.8 Å². The fraction of sp³-hybridized carbons (Fsp3) is 0.607. The van der Waals surface area contributed by atoms with E-state index in [-0.39, 0.29) is 18.4 Å². The highest BCUT2D eigenvalue weighted by Crippen LogP contribution is 2.26. The topological polar surface area (TPSA) is 108 Å². The summed E-state index contributed by atoms with van der Waals surface area (Å²) in [5.74, 6) is 0.278. The number of carbonyl (C=O) groups is 1. The lowest BCUT2D eigenvalue weighted by Gasteiger charge is -2.30. The summed E-state index contributed by atoms with van der Waals surface area (Å²) in [6.45, 7) is 19.0. The molecule has 0 radical (unpaired) electrons. The van der Waals surface area contributed by atoms with Crippen LogP contribution in [0.1, 0.15) is 79.4 Å². The minimum atomic E-state index is -1.06. The van der Waals surface area contributed by atoms with Crippen LogP contribution in [0.4, 0.5) is 5.82 Å². The molecule has 2 aromatic rings. The lowest BCUT2D eigenvalue weighted by molar-refractivity contribution is -0.131. The highest BCUT2D eigenvalue weighted by molar-refractivity contribution is 5.79. The summed E-state index contributed by atoms with van der Waals surface area (Å²) in [6, 6.07) is 11.7. The van der Waals surface area contributed by atoms with E-state index in [2.05, 4.69) is 34.8 Å². The van der Waals surface area contributed by atoms with Gasteiger partial charge in [-0.25, -0.2) is 4.98 Å². The number of ether oxygens (including phenoxy) is 1. The first kappa shape index (κ1) is 29.7. The van der Waals surface area contributed by atoms with Crippen molar-refractivity contribution >= 4 is 11.7 Å². The molecule has 4 N–H and O–H groups in total. The van der Waals surface area contributed by atoms with Crippen molar-refractivity contribution in [3.05, 3.63) is 53.5 Å². The number of rotatable bonds is 13. The van der Waals surface area contributed by atoms with E-state index in [9.17, 15) is 9.90 Å². The predicted molar refractivity (Wildman–Crippen MR) is 145 cm³/mol. The molecule has 0 aromatic carbocycles. The molecule has 8 heteroatoms. The van der Waals surface area contributed by atoms with Gasteiger partial charge in [0.1, 0.15) is 17.0 Å². The fourth-order valence-electron chi connectivity index (χ4n) is 3.52. The maximum atomic E-state index is 13.0. The van der Waals surface area contributed by atoms with Crippen molar-refractivity contribution in [3.8, 4) is 0 Å². The van der Waals surface area contributed by atoms with Gasteiger partial charge in [-0.1, -0.05) is 32.9 Å². The second-order valence-corrected chi connectivity index (χ2v) is 11.2. The number of hydrogen-bond acceptors (Lipinski definition) is 7. The summed E-state index contributed by atoms with van der Waals surface area (Å²) in [5, 5.41) is 20.1. The maximum absolute atomic E-state index is 13.0. The molecule has 1 amide bonds. The van der Waals surface area contributed by atoms with Crippen LogP contribution >= 0.6 is 0 Å². The van der Waals surface area contributed by atoms with Gasteiger partial charge in [-0.2, -0.15) is 0 Å². The van der Waals surface area contributed by atoms with Crippen molar-refractivity contribution in [1.82, 2.24) is 20.6 Å². The molecule has 0 aliphatic rings. The molecule has 2 rings (SSSR count). The van der Waals surface area contributed by atoms with Gasteiger partial charge in [0.2, 0.25) is 5.91 Å². The van der Waals surface area contributed by atoms with E-state index in [0.717, 1.165) is 24.6 Å². The summed E-state index contributed by atoms with van der Waals surface area (Å²) >= 11 is 0. The fourth-order valence-corrected chi connectivity index (χ4v) is 3.52. The SMILES string of the molecule is CC(C)NCCNc1cccc(C(C)(C)OCC(C)C(=O)NC(C)(C)c2cccc(C(C)(C)O)n2)n1. The van der Waals surface area contributed by atoms with E-state index < -0.39 is 16.7 Å². The van der Waals surface area contributed by atoms with Crippen molar-refractivity contribution in [3.63, 3.8) is 0 Å². The Labute approximate surface area is 216 Å².